The van der Waals surface area contributed by atoms with Gasteiger partial charge in [0.1, 0.15) is 5.60 Å². The molecule has 6 nitrogen and oxygen atoms in total. The summed E-state index contributed by atoms with van der Waals surface area (Å²) in [7, 11) is 0. The molecule has 0 aromatic heterocycles. The number of carboxylic acids is 1. The van der Waals surface area contributed by atoms with Crippen molar-refractivity contribution in [3.8, 4) is 0 Å². The molecule has 1 aliphatic heterocycles. The number of carbonyl (C=O) groups is 2. The molecule has 1 saturated carbocycles. The first-order valence-corrected chi connectivity index (χ1v) is 7.87. The first-order valence-electron chi connectivity index (χ1n) is 7.87. The standard InChI is InChI=1S/C16H28N2O4/c1-14(2,3)22-13(21)18-9-16(10-18,7-12(19)20)17-8-11-6-15(11,4)5/h11,17H,6-10H2,1-5H3,(H,19,20). The summed E-state index contributed by atoms with van der Waals surface area (Å²) in [5.74, 6) is -0.250. The average Bonchev–Trinajstić information content (AvgIpc) is 2.86. The van der Waals surface area contributed by atoms with Crippen LogP contribution in [0.1, 0.15) is 47.5 Å². The van der Waals surface area contributed by atoms with Crippen molar-refractivity contribution in [2.45, 2.75) is 58.6 Å². The van der Waals surface area contributed by atoms with E-state index in [1.165, 1.54) is 6.42 Å². The fraction of sp³-hybridized carbons (Fsp3) is 0.875. The molecule has 2 rings (SSSR count). The fourth-order valence-electron chi connectivity index (χ4n) is 2.98. The lowest BCUT2D eigenvalue weighted by molar-refractivity contribution is -0.141. The average molecular weight is 312 g/mol. The lowest BCUT2D eigenvalue weighted by Crippen LogP contribution is -2.71. The second kappa shape index (κ2) is 5.41. The van der Waals surface area contributed by atoms with Crippen LogP contribution in [-0.2, 0) is 9.53 Å². The van der Waals surface area contributed by atoms with E-state index in [0.29, 0.717) is 24.4 Å². The van der Waals surface area contributed by atoms with Crippen molar-refractivity contribution in [1.82, 2.24) is 10.2 Å². The number of nitrogens with zero attached hydrogens (tertiary/aromatic N) is 1. The Hall–Kier alpha value is -1.30. The third kappa shape index (κ3) is 4.12. The van der Waals surface area contributed by atoms with E-state index in [0.717, 1.165) is 6.54 Å². The van der Waals surface area contributed by atoms with Crippen LogP contribution in [0.2, 0.25) is 0 Å². The zero-order valence-corrected chi connectivity index (χ0v) is 14.2. The van der Waals surface area contributed by atoms with Crippen LogP contribution >= 0.6 is 0 Å². The second-order valence-electron chi connectivity index (χ2n) is 8.46. The molecular weight excluding hydrogens is 284 g/mol. The number of aliphatic carboxylic acids is 1. The van der Waals surface area contributed by atoms with Crippen LogP contribution in [0.4, 0.5) is 4.79 Å². The minimum Gasteiger partial charge on any atom is -0.481 e. The number of carbonyl (C=O) groups excluding carboxylic acids is 1. The van der Waals surface area contributed by atoms with Crippen LogP contribution in [-0.4, -0.2) is 52.8 Å². The molecule has 1 amide bonds. The molecule has 1 saturated heterocycles. The summed E-state index contributed by atoms with van der Waals surface area (Å²) in [6, 6.07) is 0. The molecule has 2 aliphatic rings. The summed E-state index contributed by atoms with van der Waals surface area (Å²) in [6.45, 7) is 11.5. The van der Waals surface area contributed by atoms with Gasteiger partial charge in [-0.2, -0.15) is 0 Å². The van der Waals surface area contributed by atoms with E-state index in [1.54, 1.807) is 4.90 Å². The van der Waals surface area contributed by atoms with Gasteiger partial charge in [0.25, 0.3) is 0 Å². The van der Waals surface area contributed by atoms with Gasteiger partial charge < -0.3 is 20.1 Å². The molecule has 0 radical (unpaired) electrons. The molecule has 0 aromatic rings. The van der Waals surface area contributed by atoms with Crippen molar-refractivity contribution in [3.05, 3.63) is 0 Å². The summed E-state index contributed by atoms with van der Waals surface area (Å²) in [6.07, 6.45) is 0.820. The summed E-state index contributed by atoms with van der Waals surface area (Å²) < 4.78 is 5.32. The lowest BCUT2D eigenvalue weighted by atomic mass is 9.86. The number of nitrogens with one attached hydrogen (secondary N) is 1. The quantitative estimate of drug-likeness (QED) is 0.812. The Morgan fingerprint density at radius 2 is 1.86 bits per heavy atom. The molecule has 0 spiro atoms. The third-order valence-electron chi connectivity index (χ3n) is 4.57. The van der Waals surface area contributed by atoms with E-state index in [9.17, 15) is 9.59 Å². The smallest absolute Gasteiger partial charge is 0.410 e. The van der Waals surface area contributed by atoms with Crippen molar-refractivity contribution in [2.24, 2.45) is 11.3 Å². The predicted octanol–water partition coefficient (Wildman–Crippen LogP) is 2.09. The Kier molecular flexibility index (Phi) is 4.19. The van der Waals surface area contributed by atoms with Gasteiger partial charge in [0, 0.05) is 13.1 Å². The van der Waals surface area contributed by atoms with Gasteiger partial charge in [-0.1, -0.05) is 13.8 Å². The van der Waals surface area contributed by atoms with E-state index < -0.39 is 17.1 Å². The van der Waals surface area contributed by atoms with Gasteiger partial charge in [0.15, 0.2) is 0 Å². The molecule has 126 valence electrons. The Labute approximate surface area is 132 Å². The van der Waals surface area contributed by atoms with Gasteiger partial charge in [0.05, 0.1) is 12.0 Å². The maximum atomic E-state index is 12.0. The van der Waals surface area contributed by atoms with Crippen LogP contribution in [0.25, 0.3) is 0 Å². The van der Waals surface area contributed by atoms with Gasteiger partial charge in [-0.15, -0.1) is 0 Å². The highest BCUT2D eigenvalue weighted by molar-refractivity contribution is 5.73. The number of hydrogen-bond donors (Lipinski definition) is 2. The largest absolute Gasteiger partial charge is 0.481 e. The van der Waals surface area contributed by atoms with Crippen LogP contribution in [0.15, 0.2) is 0 Å². The number of amides is 1. The Balaban J connectivity index is 1.87. The SMILES string of the molecule is CC(C)(C)OC(=O)N1CC(CC(=O)O)(NCC2CC2(C)C)C1. The Morgan fingerprint density at radius 3 is 2.27 bits per heavy atom. The number of hydrogen-bond acceptors (Lipinski definition) is 4. The highest BCUT2D eigenvalue weighted by Gasteiger charge is 2.51. The van der Waals surface area contributed by atoms with E-state index in [4.69, 9.17) is 9.84 Å². The minimum atomic E-state index is -0.841. The number of likely N-dealkylation sites (tertiary alicyclic amines) is 1. The topological polar surface area (TPSA) is 78.9 Å². The van der Waals surface area contributed by atoms with Crippen molar-refractivity contribution in [3.63, 3.8) is 0 Å². The predicted molar refractivity (Wildman–Crippen MR) is 82.7 cm³/mol. The molecule has 0 bridgehead atoms. The molecule has 1 heterocycles. The summed E-state index contributed by atoms with van der Waals surface area (Å²) >= 11 is 0. The zero-order chi connectivity index (χ0) is 16.8. The third-order valence-corrected chi connectivity index (χ3v) is 4.57. The lowest BCUT2D eigenvalue weighted by Gasteiger charge is -2.50. The molecule has 22 heavy (non-hydrogen) atoms. The molecule has 6 heteroatoms. The van der Waals surface area contributed by atoms with E-state index in [2.05, 4.69) is 19.2 Å². The van der Waals surface area contributed by atoms with Crippen LogP contribution in [0, 0.1) is 11.3 Å². The first-order chi connectivity index (χ1) is 9.92. The number of ether oxygens (including phenoxy) is 1. The summed E-state index contributed by atoms with van der Waals surface area (Å²) in [5.41, 5.74) is -0.693. The minimum absolute atomic E-state index is 0.0272. The summed E-state index contributed by atoms with van der Waals surface area (Å²) in [5, 5.41) is 12.5. The number of rotatable bonds is 5. The number of carboxylic acid groups (broad SMARTS) is 1. The van der Waals surface area contributed by atoms with Crippen molar-refractivity contribution in [2.75, 3.05) is 19.6 Å². The maximum Gasteiger partial charge on any atom is 0.410 e. The van der Waals surface area contributed by atoms with Crippen LogP contribution < -0.4 is 5.32 Å². The highest BCUT2D eigenvalue weighted by Crippen LogP contribution is 2.51. The first kappa shape index (κ1) is 17.1. The monoisotopic (exact) mass is 312 g/mol. The molecule has 1 unspecified atom stereocenters. The fourth-order valence-corrected chi connectivity index (χ4v) is 2.98. The van der Waals surface area contributed by atoms with Gasteiger partial charge in [0.2, 0.25) is 0 Å². The van der Waals surface area contributed by atoms with Gasteiger partial charge in [-0.05, 0) is 45.1 Å². The van der Waals surface area contributed by atoms with E-state index in [1.807, 2.05) is 20.8 Å². The molecule has 0 aromatic carbocycles. The summed E-state index contributed by atoms with van der Waals surface area (Å²) in [4.78, 5) is 24.7. The van der Waals surface area contributed by atoms with Gasteiger partial charge >= 0.3 is 12.1 Å². The molecular formula is C16H28N2O4. The van der Waals surface area contributed by atoms with E-state index >= 15 is 0 Å². The Morgan fingerprint density at radius 1 is 1.32 bits per heavy atom. The maximum absolute atomic E-state index is 12.0. The second-order valence-corrected chi connectivity index (χ2v) is 8.46. The molecule has 2 fully saturated rings. The molecule has 1 aliphatic carbocycles. The van der Waals surface area contributed by atoms with E-state index in [-0.39, 0.29) is 12.5 Å². The van der Waals surface area contributed by atoms with Crippen LogP contribution in [0.5, 0.6) is 0 Å². The normalized spacial score (nSPS) is 25.3. The zero-order valence-electron chi connectivity index (χ0n) is 14.2. The van der Waals surface area contributed by atoms with Crippen molar-refractivity contribution in [1.29, 1.82) is 0 Å². The van der Waals surface area contributed by atoms with Gasteiger partial charge in [-0.25, -0.2) is 4.79 Å². The highest BCUT2D eigenvalue weighted by atomic mass is 16.6. The molecule has 2 N–H and O–H groups in total. The van der Waals surface area contributed by atoms with Gasteiger partial charge in [-0.3, -0.25) is 4.79 Å². The molecule has 1 atom stereocenters. The van der Waals surface area contributed by atoms with Crippen molar-refractivity contribution >= 4 is 12.1 Å². The van der Waals surface area contributed by atoms with Crippen LogP contribution in [0.3, 0.4) is 0 Å². The Bertz CT molecular complexity index is 461. The van der Waals surface area contributed by atoms with Crippen molar-refractivity contribution < 1.29 is 19.4 Å².